The van der Waals surface area contributed by atoms with Crippen molar-refractivity contribution in [2.75, 3.05) is 13.2 Å². The number of morpholine rings is 1. The number of amides is 1. The summed E-state index contributed by atoms with van der Waals surface area (Å²) in [5, 5.41) is 0. The normalized spacial score (nSPS) is 21.9. The van der Waals surface area contributed by atoms with E-state index in [4.69, 9.17) is 9.15 Å². The highest BCUT2D eigenvalue weighted by Gasteiger charge is 2.31. The second-order valence-electron chi connectivity index (χ2n) is 5.74. The molecule has 1 fully saturated rings. The SMILES string of the molecule is Cc1oc(-c2ccccc2)nc1C(=O)N1C[C@@H](C)OC[C@H]1C. The minimum Gasteiger partial charge on any atom is -0.441 e. The third-order valence-electron chi connectivity index (χ3n) is 3.89. The van der Waals surface area contributed by atoms with Crippen LogP contribution in [-0.2, 0) is 4.74 Å². The van der Waals surface area contributed by atoms with E-state index in [2.05, 4.69) is 4.98 Å². The van der Waals surface area contributed by atoms with Gasteiger partial charge in [0.2, 0.25) is 5.89 Å². The Balaban J connectivity index is 1.88. The molecule has 2 heterocycles. The molecule has 0 unspecified atom stereocenters. The van der Waals surface area contributed by atoms with Crippen LogP contribution in [0, 0.1) is 6.92 Å². The molecule has 1 aromatic heterocycles. The Hall–Kier alpha value is -2.14. The summed E-state index contributed by atoms with van der Waals surface area (Å²) >= 11 is 0. The molecular weight excluding hydrogens is 280 g/mol. The summed E-state index contributed by atoms with van der Waals surface area (Å²) in [6.07, 6.45) is 0.0425. The Morgan fingerprint density at radius 3 is 2.73 bits per heavy atom. The van der Waals surface area contributed by atoms with E-state index in [1.54, 1.807) is 6.92 Å². The summed E-state index contributed by atoms with van der Waals surface area (Å²) in [5.74, 6) is 0.941. The van der Waals surface area contributed by atoms with Crippen LogP contribution in [0.1, 0.15) is 30.1 Å². The van der Waals surface area contributed by atoms with Gasteiger partial charge in [0.15, 0.2) is 5.69 Å². The molecule has 1 aromatic carbocycles. The fourth-order valence-electron chi connectivity index (χ4n) is 2.62. The van der Waals surface area contributed by atoms with E-state index in [0.29, 0.717) is 30.5 Å². The summed E-state index contributed by atoms with van der Waals surface area (Å²) < 4.78 is 11.3. The highest BCUT2D eigenvalue weighted by Crippen LogP contribution is 2.23. The molecule has 0 radical (unpaired) electrons. The molecule has 0 saturated carbocycles. The Labute approximate surface area is 129 Å². The van der Waals surface area contributed by atoms with Crippen LogP contribution < -0.4 is 0 Å². The molecule has 2 aromatic rings. The van der Waals surface area contributed by atoms with Gasteiger partial charge in [-0.3, -0.25) is 4.79 Å². The molecular formula is C17H20N2O3. The van der Waals surface area contributed by atoms with Crippen molar-refractivity contribution in [3.8, 4) is 11.5 Å². The Morgan fingerprint density at radius 2 is 2.00 bits per heavy atom. The summed E-state index contributed by atoms with van der Waals surface area (Å²) in [5.41, 5.74) is 1.26. The zero-order valence-electron chi connectivity index (χ0n) is 13.1. The van der Waals surface area contributed by atoms with Crippen molar-refractivity contribution >= 4 is 5.91 Å². The van der Waals surface area contributed by atoms with Crippen LogP contribution in [0.15, 0.2) is 34.7 Å². The minimum absolute atomic E-state index is 0.0416. The molecule has 1 aliphatic rings. The topological polar surface area (TPSA) is 55.6 Å². The lowest BCUT2D eigenvalue weighted by Gasteiger charge is -2.36. The second kappa shape index (κ2) is 5.93. The van der Waals surface area contributed by atoms with Gasteiger partial charge in [0.1, 0.15) is 5.76 Å². The number of carbonyl (C=O) groups is 1. The van der Waals surface area contributed by atoms with Crippen molar-refractivity contribution in [1.29, 1.82) is 0 Å². The number of nitrogens with zero attached hydrogens (tertiary/aromatic N) is 2. The number of aryl methyl sites for hydroxylation is 1. The van der Waals surface area contributed by atoms with Gasteiger partial charge >= 0.3 is 0 Å². The van der Waals surface area contributed by atoms with Crippen molar-refractivity contribution in [3.05, 3.63) is 41.8 Å². The number of ether oxygens (including phenoxy) is 1. The fourth-order valence-corrected chi connectivity index (χ4v) is 2.62. The molecule has 1 saturated heterocycles. The van der Waals surface area contributed by atoms with Gasteiger partial charge < -0.3 is 14.1 Å². The molecule has 0 spiro atoms. The van der Waals surface area contributed by atoms with E-state index in [1.165, 1.54) is 0 Å². The Bertz CT molecular complexity index is 666. The molecule has 3 rings (SSSR count). The zero-order chi connectivity index (χ0) is 15.7. The number of carbonyl (C=O) groups excluding carboxylic acids is 1. The number of benzene rings is 1. The van der Waals surface area contributed by atoms with Crippen LogP contribution in [0.4, 0.5) is 0 Å². The quantitative estimate of drug-likeness (QED) is 0.855. The first-order valence-corrected chi connectivity index (χ1v) is 7.51. The molecule has 1 amide bonds. The highest BCUT2D eigenvalue weighted by molar-refractivity contribution is 5.94. The smallest absolute Gasteiger partial charge is 0.276 e. The van der Waals surface area contributed by atoms with Gasteiger partial charge in [-0.2, -0.15) is 0 Å². The van der Waals surface area contributed by atoms with Crippen molar-refractivity contribution in [2.24, 2.45) is 0 Å². The highest BCUT2D eigenvalue weighted by atomic mass is 16.5. The van der Waals surface area contributed by atoms with Gasteiger partial charge in [0.05, 0.1) is 18.8 Å². The van der Waals surface area contributed by atoms with Crippen molar-refractivity contribution in [2.45, 2.75) is 32.9 Å². The number of rotatable bonds is 2. The van der Waals surface area contributed by atoms with Gasteiger partial charge in [0, 0.05) is 12.1 Å². The van der Waals surface area contributed by atoms with Crippen LogP contribution in [-0.4, -0.2) is 41.1 Å². The van der Waals surface area contributed by atoms with Crippen molar-refractivity contribution in [1.82, 2.24) is 9.88 Å². The lowest BCUT2D eigenvalue weighted by molar-refractivity contribution is -0.0389. The molecule has 5 heteroatoms. The minimum atomic E-state index is -0.0916. The third-order valence-corrected chi connectivity index (χ3v) is 3.89. The van der Waals surface area contributed by atoms with E-state index in [0.717, 1.165) is 5.56 Å². The number of hydrogen-bond acceptors (Lipinski definition) is 4. The lowest BCUT2D eigenvalue weighted by Crippen LogP contribution is -2.50. The molecule has 0 aliphatic carbocycles. The maximum absolute atomic E-state index is 12.8. The summed E-state index contributed by atoms with van der Waals surface area (Å²) in [6.45, 7) is 6.86. The van der Waals surface area contributed by atoms with Crippen molar-refractivity contribution < 1.29 is 13.9 Å². The molecule has 0 bridgehead atoms. The van der Waals surface area contributed by atoms with E-state index in [9.17, 15) is 4.79 Å². The van der Waals surface area contributed by atoms with Gasteiger partial charge in [-0.25, -0.2) is 4.98 Å². The maximum atomic E-state index is 12.8. The second-order valence-corrected chi connectivity index (χ2v) is 5.74. The fraction of sp³-hybridized carbons (Fsp3) is 0.412. The number of aromatic nitrogens is 1. The monoisotopic (exact) mass is 300 g/mol. The average Bonchev–Trinajstić information content (AvgIpc) is 2.92. The first kappa shape index (κ1) is 14.8. The van der Waals surface area contributed by atoms with E-state index in [1.807, 2.05) is 49.1 Å². The molecule has 116 valence electrons. The number of oxazole rings is 1. The lowest BCUT2D eigenvalue weighted by atomic mass is 10.2. The zero-order valence-corrected chi connectivity index (χ0v) is 13.1. The van der Waals surface area contributed by atoms with E-state index >= 15 is 0 Å². The third kappa shape index (κ3) is 2.76. The molecule has 0 N–H and O–H groups in total. The van der Waals surface area contributed by atoms with Crippen LogP contribution >= 0.6 is 0 Å². The standard InChI is InChI=1S/C17H20N2O3/c1-11-10-21-12(2)9-19(11)17(20)15-13(3)22-16(18-15)14-7-5-4-6-8-14/h4-8,11-12H,9-10H2,1-3H3/t11-,12-/m1/s1. The summed E-state index contributed by atoms with van der Waals surface area (Å²) in [7, 11) is 0. The predicted octanol–water partition coefficient (Wildman–Crippen LogP) is 2.90. The van der Waals surface area contributed by atoms with Crippen LogP contribution in [0.5, 0.6) is 0 Å². The first-order valence-electron chi connectivity index (χ1n) is 7.51. The first-order chi connectivity index (χ1) is 10.6. The van der Waals surface area contributed by atoms with Crippen LogP contribution in [0.2, 0.25) is 0 Å². The number of hydrogen-bond donors (Lipinski definition) is 0. The van der Waals surface area contributed by atoms with Gasteiger partial charge in [0.25, 0.3) is 5.91 Å². The Morgan fingerprint density at radius 1 is 1.27 bits per heavy atom. The van der Waals surface area contributed by atoms with E-state index < -0.39 is 0 Å². The Kier molecular flexibility index (Phi) is 3.98. The van der Waals surface area contributed by atoms with Crippen LogP contribution in [0.25, 0.3) is 11.5 Å². The van der Waals surface area contributed by atoms with Crippen LogP contribution in [0.3, 0.4) is 0 Å². The van der Waals surface area contributed by atoms with E-state index in [-0.39, 0.29) is 18.1 Å². The maximum Gasteiger partial charge on any atom is 0.276 e. The van der Waals surface area contributed by atoms with Crippen molar-refractivity contribution in [3.63, 3.8) is 0 Å². The molecule has 2 atom stereocenters. The molecule has 5 nitrogen and oxygen atoms in total. The summed E-state index contributed by atoms with van der Waals surface area (Å²) in [6, 6.07) is 9.64. The average molecular weight is 300 g/mol. The van der Waals surface area contributed by atoms with Gasteiger partial charge in [-0.15, -0.1) is 0 Å². The predicted molar refractivity (Wildman–Crippen MR) is 82.6 cm³/mol. The van der Waals surface area contributed by atoms with Gasteiger partial charge in [-0.1, -0.05) is 18.2 Å². The summed E-state index contributed by atoms with van der Waals surface area (Å²) in [4.78, 5) is 19.0. The molecule has 1 aliphatic heterocycles. The molecule has 22 heavy (non-hydrogen) atoms. The largest absolute Gasteiger partial charge is 0.441 e. The van der Waals surface area contributed by atoms with Gasteiger partial charge in [-0.05, 0) is 32.9 Å².